The van der Waals surface area contributed by atoms with Gasteiger partial charge in [-0.05, 0) is 43.2 Å². The molecular weight excluding hydrogens is 318 g/mol. The van der Waals surface area contributed by atoms with Gasteiger partial charge in [0, 0.05) is 5.69 Å². The van der Waals surface area contributed by atoms with Gasteiger partial charge in [-0.15, -0.1) is 5.10 Å². The molecule has 4 rings (SSSR count). The summed E-state index contributed by atoms with van der Waals surface area (Å²) in [6.07, 6.45) is 0. The van der Waals surface area contributed by atoms with Gasteiger partial charge in [-0.25, -0.2) is 4.52 Å². The quantitative estimate of drug-likeness (QED) is 0.589. The molecule has 0 atom stereocenters. The van der Waals surface area contributed by atoms with E-state index in [0.29, 0.717) is 16.7 Å². The van der Waals surface area contributed by atoms with Crippen molar-refractivity contribution >= 4 is 28.3 Å². The van der Waals surface area contributed by atoms with Gasteiger partial charge in [0.1, 0.15) is 0 Å². The van der Waals surface area contributed by atoms with Crippen LogP contribution in [0.5, 0.6) is 0 Å². The molecule has 0 fully saturated rings. The van der Waals surface area contributed by atoms with Crippen LogP contribution in [0.1, 0.15) is 21.7 Å². The third kappa shape index (κ3) is 2.55. The number of H-pyrrole nitrogens is 1. The third-order valence-electron chi connectivity index (χ3n) is 4.04. The van der Waals surface area contributed by atoms with Crippen LogP contribution in [0.2, 0.25) is 0 Å². The number of para-hydroxylation sites is 1. The lowest BCUT2D eigenvalue weighted by molar-refractivity contribution is 0.101. The number of nitrogens with one attached hydrogen (secondary N) is 2. The number of rotatable bonds is 2. The number of nitrogens with zero attached hydrogens (tertiary/aromatic N) is 3. The molecule has 0 aliphatic heterocycles. The second-order valence-electron chi connectivity index (χ2n) is 5.91. The van der Waals surface area contributed by atoms with Crippen LogP contribution in [-0.4, -0.2) is 25.5 Å². The molecule has 0 bridgehead atoms. The van der Waals surface area contributed by atoms with E-state index in [9.17, 15) is 9.59 Å². The maximum absolute atomic E-state index is 12.5. The number of aromatic nitrogens is 4. The molecule has 25 heavy (non-hydrogen) atoms. The molecule has 0 aliphatic carbocycles. The second kappa shape index (κ2) is 5.55. The van der Waals surface area contributed by atoms with Gasteiger partial charge in [-0.1, -0.05) is 24.3 Å². The fraction of sp³-hybridized carbons (Fsp3) is 0.111. The summed E-state index contributed by atoms with van der Waals surface area (Å²) in [6, 6.07) is 13.0. The first kappa shape index (κ1) is 15.1. The van der Waals surface area contributed by atoms with Crippen LogP contribution in [0.4, 0.5) is 5.69 Å². The summed E-state index contributed by atoms with van der Waals surface area (Å²) in [6.45, 7) is 3.83. The Morgan fingerprint density at radius 3 is 2.76 bits per heavy atom. The summed E-state index contributed by atoms with van der Waals surface area (Å²) in [5.74, 6) is -0.514. The van der Waals surface area contributed by atoms with Crippen LogP contribution in [0, 0.1) is 13.8 Å². The van der Waals surface area contributed by atoms with Crippen LogP contribution in [0.3, 0.4) is 0 Å². The Balaban J connectivity index is 1.82. The molecular formula is C18H15N5O2. The van der Waals surface area contributed by atoms with E-state index >= 15 is 0 Å². The van der Waals surface area contributed by atoms with Crippen LogP contribution < -0.4 is 10.9 Å². The minimum atomic E-state index is -0.460. The zero-order valence-electron chi connectivity index (χ0n) is 13.7. The Labute approximate surface area is 142 Å². The van der Waals surface area contributed by atoms with Crippen molar-refractivity contribution < 1.29 is 4.79 Å². The molecule has 1 amide bonds. The summed E-state index contributed by atoms with van der Waals surface area (Å²) in [5.41, 5.74) is 3.65. The molecule has 0 saturated heterocycles. The van der Waals surface area contributed by atoms with Gasteiger partial charge in [0.15, 0.2) is 0 Å². The molecule has 0 spiro atoms. The highest BCUT2D eigenvalue weighted by molar-refractivity contribution is 6.02. The first-order valence-electron chi connectivity index (χ1n) is 7.79. The molecule has 0 unspecified atom stereocenters. The third-order valence-corrected chi connectivity index (χ3v) is 4.04. The van der Waals surface area contributed by atoms with Crippen molar-refractivity contribution in [3.05, 3.63) is 69.8 Å². The molecule has 7 nitrogen and oxygen atoms in total. The first-order chi connectivity index (χ1) is 12.0. The van der Waals surface area contributed by atoms with E-state index < -0.39 is 5.91 Å². The highest BCUT2D eigenvalue weighted by Crippen LogP contribution is 2.15. The predicted molar refractivity (Wildman–Crippen MR) is 95.0 cm³/mol. The van der Waals surface area contributed by atoms with Crippen LogP contribution in [0.25, 0.3) is 16.7 Å². The highest BCUT2D eigenvalue weighted by atomic mass is 16.2. The van der Waals surface area contributed by atoms with Crippen molar-refractivity contribution in [2.24, 2.45) is 0 Å². The minimum Gasteiger partial charge on any atom is -0.319 e. The van der Waals surface area contributed by atoms with E-state index in [4.69, 9.17) is 0 Å². The molecule has 0 aliphatic rings. The van der Waals surface area contributed by atoms with E-state index in [2.05, 4.69) is 20.4 Å². The Hall–Kier alpha value is -3.48. The fourth-order valence-corrected chi connectivity index (χ4v) is 2.73. The summed E-state index contributed by atoms with van der Waals surface area (Å²) >= 11 is 0. The van der Waals surface area contributed by atoms with E-state index in [1.165, 1.54) is 4.52 Å². The SMILES string of the molecule is Cc1ccc2c(c1)[nH]c(=O)c1nc(C(=O)Nc3ccccc3C)nn12. The van der Waals surface area contributed by atoms with Crippen molar-refractivity contribution in [3.8, 4) is 0 Å². The van der Waals surface area contributed by atoms with Gasteiger partial charge < -0.3 is 10.3 Å². The number of benzene rings is 2. The van der Waals surface area contributed by atoms with Crippen LogP contribution in [0.15, 0.2) is 47.3 Å². The number of fused-ring (bicyclic) bond motifs is 3. The molecule has 124 valence electrons. The van der Waals surface area contributed by atoms with E-state index in [1.807, 2.05) is 50.2 Å². The molecule has 2 heterocycles. The van der Waals surface area contributed by atoms with Crippen molar-refractivity contribution in [1.29, 1.82) is 0 Å². The molecule has 2 aromatic carbocycles. The number of carbonyl (C=O) groups excluding carboxylic acids is 1. The maximum Gasteiger partial charge on any atom is 0.295 e. The van der Waals surface area contributed by atoms with E-state index in [1.54, 1.807) is 6.07 Å². The standard InChI is InChI=1S/C18H15N5O2/c1-10-7-8-14-13(9-10)20-18(25)16-21-15(22-23(14)16)17(24)19-12-6-4-3-5-11(12)2/h3-9H,1-2H3,(H,19,24)(H,20,25). The van der Waals surface area contributed by atoms with Crippen molar-refractivity contribution in [1.82, 2.24) is 19.6 Å². The second-order valence-corrected chi connectivity index (χ2v) is 5.91. The Bertz CT molecular complexity index is 1190. The molecule has 4 aromatic rings. The Morgan fingerprint density at radius 2 is 1.96 bits per heavy atom. The lowest BCUT2D eigenvalue weighted by atomic mass is 10.2. The van der Waals surface area contributed by atoms with Crippen LogP contribution >= 0.6 is 0 Å². The lowest BCUT2D eigenvalue weighted by Gasteiger charge is -2.05. The van der Waals surface area contributed by atoms with E-state index in [-0.39, 0.29) is 17.0 Å². The normalized spacial score (nSPS) is 11.1. The molecule has 2 aromatic heterocycles. The van der Waals surface area contributed by atoms with Crippen molar-refractivity contribution in [2.75, 3.05) is 5.32 Å². The average Bonchev–Trinajstić information content (AvgIpc) is 3.03. The van der Waals surface area contributed by atoms with E-state index in [0.717, 1.165) is 11.1 Å². The number of amides is 1. The highest BCUT2D eigenvalue weighted by Gasteiger charge is 2.17. The number of anilines is 1. The number of hydrogen-bond donors (Lipinski definition) is 2. The van der Waals surface area contributed by atoms with Gasteiger partial charge in [0.25, 0.3) is 11.5 Å². The first-order valence-corrected chi connectivity index (χ1v) is 7.79. The van der Waals surface area contributed by atoms with Gasteiger partial charge in [0.05, 0.1) is 11.0 Å². The molecule has 7 heteroatoms. The zero-order chi connectivity index (χ0) is 17.6. The number of aryl methyl sites for hydroxylation is 2. The number of aromatic amines is 1. The lowest BCUT2D eigenvalue weighted by Crippen LogP contribution is -2.14. The van der Waals surface area contributed by atoms with Gasteiger partial charge in [0.2, 0.25) is 11.5 Å². The van der Waals surface area contributed by atoms with Crippen molar-refractivity contribution in [2.45, 2.75) is 13.8 Å². The fourth-order valence-electron chi connectivity index (χ4n) is 2.73. The summed E-state index contributed by atoms with van der Waals surface area (Å²) < 4.78 is 1.40. The number of carbonyl (C=O) groups is 1. The molecule has 2 N–H and O–H groups in total. The Morgan fingerprint density at radius 1 is 1.16 bits per heavy atom. The molecule has 0 saturated carbocycles. The summed E-state index contributed by atoms with van der Waals surface area (Å²) in [5, 5.41) is 7.01. The van der Waals surface area contributed by atoms with Gasteiger partial charge in [-0.3, -0.25) is 9.59 Å². The minimum absolute atomic E-state index is 0.0539. The number of hydrogen-bond acceptors (Lipinski definition) is 4. The largest absolute Gasteiger partial charge is 0.319 e. The topological polar surface area (TPSA) is 92.1 Å². The molecule has 0 radical (unpaired) electrons. The van der Waals surface area contributed by atoms with Gasteiger partial charge >= 0.3 is 0 Å². The predicted octanol–water partition coefficient (Wildman–Crippen LogP) is 2.44. The van der Waals surface area contributed by atoms with Crippen LogP contribution in [-0.2, 0) is 0 Å². The monoisotopic (exact) mass is 333 g/mol. The zero-order valence-corrected chi connectivity index (χ0v) is 13.7. The summed E-state index contributed by atoms with van der Waals surface area (Å²) in [4.78, 5) is 31.6. The van der Waals surface area contributed by atoms with Crippen molar-refractivity contribution in [3.63, 3.8) is 0 Å². The maximum atomic E-state index is 12.5. The smallest absolute Gasteiger partial charge is 0.295 e. The van der Waals surface area contributed by atoms with Gasteiger partial charge in [-0.2, -0.15) is 4.98 Å². The summed E-state index contributed by atoms with van der Waals surface area (Å²) in [7, 11) is 0. The Kier molecular flexibility index (Phi) is 3.35. The average molecular weight is 333 g/mol.